The molecule has 0 radical (unpaired) electrons. The van der Waals surface area contributed by atoms with E-state index >= 15 is 0 Å². The van der Waals surface area contributed by atoms with Crippen LogP contribution in [0.5, 0.6) is 11.5 Å². The summed E-state index contributed by atoms with van der Waals surface area (Å²) in [6.07, 6.45) is -1.60. The summed E-state index contributed by atoms with van der Waals surface area (Å²) in [5, 5.41) is 34.9. The second-order valence-electron chi connectivity index (χ2n) is 4.92. The van der Waals surface area contributed by atoms with Crippen molar-refractivity contribution < 1.29 is 29.9 Å². The Balaban J connectivity index is 0.000000240. The topological polar surface area (TPSA) is 99.4 Å². The molecule has 0 amide bonds. The van der Waals surface area contributed by atoms with Crippen LogP contribution in [-0.2, 0) is 0 Å². The molecule has 2 aromatic rings. The second-order valence-corrected chi connectivity index (χ2v) is 4.92. The average molecular weight is 336 g/mol. The third-order valence-corrected chi connectivity index (χ3v) is 2.79. The molecule has 0 aliphatic carbocycles. The fraction of sp³-hybridized carbons (Fsp3) is 0.333. The van der Waals surface area contributed by atoms with Gasteiger partial charge in [-0.25, -0.2) is 0 Å². The summed E-state index contributed by atoms with van der Waals surface area (Å²) >= 11 is 0. The minimum absolute atomic E-state index is 0.126. The van der Waals surface area contributed by atoms with Gasteiger partial charge in [0.15, 0.2) is 0 Å². The van der Waals surface area contributed by atoms with Gasteiger partial charge in [0, 0.05) is 0 Å². The Morgan fingerprint density at radius 3 is 1.25 bits per heavy atom. The van der Waals surface area contributed by atoms with Crippen LogP contribution in [0.15, 0.2) is 60.7 Å². The number of benzene rings is 2. The number of para-hydroxylation sites is 2. The molecule has 0 fully saturated rings. The van der Waals surface area contributed by atoms with Gasteiger partial charge >= 0.3 is 0 Å². The van der Waals surface area contributed by atoms with Gasteiger partial charge < -0.3 is 29.9 Å². The third kappa shape index (κ3) is 9.12. The molecule has 0 aromatic heterocycles. The van der Waals surface area contributed by atoms with Gasteiger partial charge in [0.2, 0.25) is 0 Å². The normalized spacial score (nSPS) is 12.5. The van der Waals surface area contributed by atoms with Crippen molar-refractivity contribution in [2.24, 2.45) is 0 Å². The van der Waals surface area contributed by atoms with Gasteiger partial charge in [-0.15, -0.1) is 0 Å². The maximum atomic E-state index is 8.94. The highest BCUT2D eigenvalue weighted by atomic mass is 16.5. The van der Waals surface area contributed by atoms with Crippen molar-refractivity contribution >= 4 is 0 Å². The third-order valence-electron chi connectivity index (χ3n) is 2.79. The number of ether oxygens (including phenoxy) is 2. The summed E-state index contributed by atoms with van der Waals surface area (Å²) in [7, 11) is 0. The van der Waals surface area contributed by atoms with E-state index in [1.807, 2.05) is 36.4 Å². The highest BCUT2D eigenvalue weighted by Gasteiger charge is 2.02. The first-order valence-corrected chi connectivity index (χ1v) is 7.59. The molecule has 2 rings (SSSR count). The van der Waals surface area contributed by atoms with Crippen LogP contribution in [0.4, 0.5) is 0 Å². The van der Waals surface area contributed by atoms with Crippen LogP contribution in [0.1, 0.15) is 0 Å². The highest BCUT2D eigenvalue weighted by molar-refractivity contribution is 5.21. The molecule has 4 N–H and O–H groups in total. The lowest BCUT2D eigenvalue weighted by Gasteiger charge is -2.08. The molecule has 0 aliphatic heterocycles. The van der Waals surface area contributed by atoms with E-state index in [-0.39, 0.29) is 26.4 Å². The number of aliphatic hydroxyl groups is 4. The maximum absolute atomic E-state index is 8.94. The van der Waals surface area contributed by atoms with E-state index in [4.69, 9.17) is 29.9 Å². The molecule has 24 heavy (non-hydrogen) atoms. The summed E-state index contributed by atoms with van der Waals surface area (Å²) in [5.74, 6) is 1.40. The standard InChI is InChI=1S/2C9H12O3/c2*10-6-8(11)7-12-9-4-2-1-3-5-9/h2*1-5,8,10-11H,6-7H2. The van der Waals surface area contributed by atoms with Crippen LogP contribution in [0.25, 0.3) is 0 Å². The lowest BCUT2D eigenvalue weighted by molar-refractivity contribution is 0.0536. The van der Waals surface area contributed by atoms with Gasteiger partial charge in [0.05, 0.1) is 13.2 Å². The summed E-state index contributed by atoms with van der Waals surface area (Å²) in [4.78, 5) is 0. The minimum atomic E-state index is -0.801. The van der Waals surface area contributed by atoms with E-state index in [2.05, 4.69) is 0 Å². The average Bonchev–Trinajstić information content (AvgIpc) is 2.66. The summed E-state index contributed by atoms with van der Waals surface area (Å²) in [6, 6.07) is 18.3. The zero-order valence-electron chi connectivity index (χ0n) is 13.4. The molecular formula is C18H24O6. The van der Waals surface area contributed by atoms with Crippen molar-refractivity contribution in [3.05, 3.63) is 60.7 Å². The number of hydrogen-bond donors (Lipinski definition) is 4. The van der Waals surface area contributed by atoms with Gasteiger partial charge in [0.1, 0.15) is 36.9 Å². The van der Waals surface area contributed by atoms with Gasteiger partial charge in [-0.1, -0.05) is 36.4 Å². The Labute approximate surface area is 141 Å². The monoisotopic (exact) mass is 336 g/mol. The second kappa shape index (κ2) is 12.3. The summed E-state index contributed by atoms with van der Waals surface area (Å²) < 4.78 is 10.3. The molecule has 0 saturated heterocycles. The van der Waals surface area contributed by atoms with E-state index in [0.717, 1.165) is 0 Å². The lowest BCUT2D eigenvalue weighted by atomic mass is 10.3. The Hall–Kier alpha value is -2.12. The van der Waals surface area contributed by atoms with Crippen molar-refractivity contribution in [1.82, 2.24) is 0 Å². The van der Waals surface area contributed by atoms with Crippen LogP contribution < -0.4 is 9.47 Å². The number of rotatable bonds is 8. The first-order chi connectivity index (χ1) is 11.7. The Morgan fingerprint density at radius 2 is 0.958 bits per heavy atom. The zero-order chi connectivity index (χ0) is 17.6. The quantitative estimate of drug-likeness (QED) is 0.570. The molecule has 0 saturated carbocycles. The van der Waals surface area contributed by atoms with Gasteiger partial charge in [-0.3, -0.25) is 0 Å². The van der Waals surface area contributed by atoms with E-state index in [1.165, 1.54) is 0 Å². The summed E-state index contributed by atoms with van der Waals surface area (Å²) in [6.45, 7) is -0.291. The Kier molecular flexibility index (Phi) is 10.2. The fourth-order valence-corrected chi connectivity index (χ4v) is 1.52. The van der Waals surface area contributed by atoms with Crippen LogP contribution in [0.3, 0.4) is 0 Å². The number of hydrogen-bond acceptors (Lipinski definition) is 6. The Morgan fingerprint density at radius 1 is 0.625 bits per heavy atom. The highest BCUT2D eigenvalue weighted by Crippen LogP contribution is 2.08. The molecule has 2 atom stereocenters. The largest absolute Gasteiger partial charge is 0.491 e. The van der Waals surface area contributed by atoms with Crippen LogP contribution in [0.2, 0.25) is 0 Å². The number of aliphatic hydroxyl groups excluding tert-OH is 4. The van der Waals surface area contributed by atoms with Gasteiger partial charge in [-0.05, 0) is 24.3 Å². The van der Waals surface area contributed by atoms with E-state index in [1.54, 1.807) is 24.3 Å². The van der Waals surface area contributed by atoms with Crippen LogP contribution >= 0.6 is 0 Å². The molecule has 0 heterocycles. The maximum Gasteiger partial charge on any atom is 0.119 e. The predicted molar refractivity (Wildman–Crippen MR) is 90.1 cm³/mol. The molecule has 2 unspecified atom stereocenters. The van der Waals surface area contributed by atoms with Crippen LogP contribution in [0, 0.1) is 0 Å². The predicted octanol–water partition coefficient (Wildman–Crippen LogP) is 0.837. The van der Waals surface area contributed by atoms with Crippen molar-refractivity contribution in [3.63, 3.8) is 0 Å². The smallest absolute Gasteiger partial charge is 0.119 e. The molecule has 6 nitrogen and oxygen atoms in total. The van der Waals surface area contributed by atoms with Crippen molar-refractivity contribution in [2.45, 2.75) is 12.2 Å². The molecule has 2 aromatic carbocycles. The molecule has 0 spiro atoms. The molecular weight excluding hydrogens is 312 g/mol. The minimum Gasteiger partial charge on any atom is -0.491 e. The van der Waals surface area contributed by atoms with Crippen molar-refractivity contribution in [2.75, 3.05) is 26.4 Å². The SMILES string of the molecule is OCC(O)COc1ccccc1.OCC(O)COc1ccccc1. The van der Waals surface area contributed by atoms with Crippen molar-refractivity contribution in [1.29, 1.82) is 0 Å². The van der Waals surface area contributed by atoms with Gasteiger partial charge in [0.25, 0.3) is 0 Å². The molecule has 132 valence electrons. The molecule has 0 aliphatic rings. The zero-order valence-corrected chi connectivity index (χ0v) is 13.4. The van der Waals surface area contributed by atoms with E-state index in [9.17, 15) is 0 Å². The molecule has 6 heteroatoms. The van der Waals surface area contributed by atoms with Crippen LogP contribution in [-0.4, -0.2) is 59.1 Å². The first kappa shape index (κ1) is 19.9. The van der Waals surface area contributed by atoms with E-state index < -0.39 is 12.2 Å². The Bertz CT molecular complexity index is 470. The lowest BCUT2D eigenvalue weighted by Crippen LogP contribution is -2.21. The molecule has 0 bridgehead atoms. The fourth-order valence-electron chi connectivity index (χ4n) is 1.52. The van der Waals surface area contributed by atoms with Crippen molar-refractivity contribution in [3.8, 4) is 11.5 Å². The summed E-state index contributed by atoms with van der Waals surface area (Å²) in [5.41, 5.74) is 0. The van der Waals surface area contributed by atoms with Gasteiger partial charge in [-0.2, -0.15) is 0 Å². The first-order valence-electron chi connectivity index (χ1n) is 7.59. The van der Waals surface area contributed by atoms with E-state index in [0.29, 0.717) is 11.5 Å².